The van der Waals surface area contributed by atoms with Crippen molar-refractivity contribution in [1.29, 1.82) is 0 Å². The van der Waals surface area contributed by atoms with Gasteiger partial charge in [-0.1, -0.05) is 12.1 Å². The van der Waals surface area contributed by atoms with Crippen LogP contribution in [0.3, 0.4) is 0 Å². The Morgan fingerprint density at radius 3 is 2.04 bits per heavy atom. The number of halogens is 4. The van der Waals surface area contributed by atoms with Crippen molar-refractivity contribution in [2.24, 2.45) is 5.73 Å². The highest BCUT2D eigenvalue weighted by Gasteiger charge is 2.39. The third-order valence-electron chi connectivity index (χ3n) is 4.44. The van der Waals surface area contributed by atoms with Crippen molar-refractivity contribution < 1.29 is 27.5 Å². The first-order chi connectivity index (χ1) is 11.2. The molecule has 2 bridgehead atoms. The van der Waals surface area contributed by atoms with E-state index in [1.807, 2.05) is 12.1 Å². The van der Waals surface area contributed by atoms with Gasteiger partial charge in [0, 0.05) is 24.7 Å². The Kier molecular flexibility index (Phi) is 5.82. The maximum Gasteiger partial charge on any atom is 0.490 e. The van der Waals surface area contributed by atoms with Crippen LogP contribution in [0.5, 0.6) is 0 Å². The van der Waals surface area contributed by atoms with E-state index in [4.69, 9.17) is 15.6 Å². The van der Waals surface area contributed by atoms with E-state index in [0.717, 1.165) is 19.4 Å². The van der Waals surface area contributed by atoms with Crippen molar-refractivity contribution in [3.63, 3.8) is 0 Å². The van der Waals surface area contributed by atoms with Crippen LogP contribution in [0.15, 0.2) is 24.3 Å². The number of hydrogen-bond donors (Lipinski definition) is 2. The van der Waals surface area contributed by atoms with E-state index in [9.17, 15) is 17.6 Å². The molecule has 1 aromatic rings. The van der Waals surface area contributed by atoms with E-state index in [1.165, 1.54) is 18.4 Å². The summed E-state index contributed by atoms with van der Waals surface area (Å²) in [7, 11) is 0. The van der Waals surface area contributed by atoms with Crippen LogP contribution < -0.4 is 5.73 Å². The summed E-state index contributed by atoms with van der Waals surface area (Å²) < 4.78 is 44.6. The summed E-state index contributed by atoms with van der Waals surface area (Å²) in [6.07, 6.45) is -0.283. The number of carbonyl (C=O) groups is 1. The van der Waals surface area contributed by atoms with Gasteiger partial charge in [0.25, 0.3) is 0 Å². The number of aliphatic carboxylic acids is 1. The van der Waals surface area contributed by atoms with Gasteiger partial charge < -0.3 is 10.8 Å². The van der Waals surface area contributed by atoms with Crippen LogP contribution in [0, 0.1) is 5.82 Å². The Morgan fingerprint density at radius 2 is 1.62 bits per heavy atom. The van der Waals surface area contributed by atoms with Gasteiger partial charge in [0.15, 0.2) is 0 Å². The summed E-state index contributed by atoms with van der Waals surface area (Å²) in [6, 6.07) is 8.56. The van der Waals surface area contributed by atoms with Crippen LogP contribution in [-0.4, -0.2) is 40.3 Å². The minimum absolute atomic E-state index is 0.155. The van der Waals surface area contributed by atoms with Gasteiger partial charge in [-0.2, -0.15) is 13.2 Å². The van der Waals surface area contributed by atoms with Gasteiger partial charge >= 0.3 is 12.1 Å². The number of carboxylic acids is 1. The summed E-state index contributed by atoms with van der Waals surface area (Å²) in [5.41, 5.74) is 7.26. The molecule has 2 aliphatic heterocycles. The number of hydrogen-bond acceptors (Lipinski definition) is 3. The highest BCUT2D eigenvalue weighted by Crippen LogP contribution is 2.36. The zero-order valence-corrected chi connectivity index (χ0v) is 13.0. The molecule has 3 N–H and O–H groups in total. The summed E-state index contributed by atoms with van der Waals surface area (Å²) >= 11 is 0. The predicted molar refractivity (Wildman–Crippen MR) is 79.7 cm³/mol. The monoisotopic (exact) mass is 348 g/mol. The van der Waals surface area contributed by atoms with Gasteiger partial charge in [-0.15, -0.1) is 0 Å². The molecule has 0 aliphatic carbocycles. The second-order valence-electron chi connectivity index (χ2n) is 6.22. The normalized spacial score (nSPS) is 26.6. The largest absolute Gasteiger partial charge is 0.490 e. The van der Waals surface area contributed by atoms with E-state index < -0.39 is 12.1 Å². The third-order valence-corrected chi connectivity index (χ3v) is 4.44. The molecule has 3 rings (SSSR count). The molecule has 134 valence electrons. The standard InChI is InChI=1S/C14H19FN2.C2HF3O2/c15-11-3-1-10(2-4-11)9-17-13-5-6-14(17)8-12(16)7-13;3-2(4,5)1(6)7/h1-4,12-14H,5-9,16H2;(H,6,7)/t12?,13-,14+;. The smallest absolute Gasteiger partial charge is 0.475 e. The fourth-order valence-electron chi connectivity index (χ4n) is 3.38. The van der Waals surface area contributed by atoms with Gasteiger partial charge in [-0.3, -0.25) is 4.90 Å². The molecular weight excluding hydrogens is 328 g/mol. The Labute approximate surface area is 137 Å². The molecule has 3 atom stereocenters. The van der Waals surface area contributed by atoms with Gasteiger partial charge in [0.05, 0.1) is 0 Å². The molecular formula is C16H20F4N2O2. The van der Waals surface area contributed by atoms with Crippen LogP contribution in [0.1, 0.15) is 31.2 Å². The Hall–Kier alpha value is -1.67. The molecule has 0 spiro atoms. The Balaban J connectivity index is 0.000000256. The number of alkyl halides is 3. The third kappa shape index (κ3) is 4.91. The number of nitrogens with two attached hydrogens (primary N) is 1. The number of carboxylic acid groups (broad SMARTS) is 1. The SMILES string of the molecule is NC1C[C@H]2CC[C@@H](C1)N2Cc1ccc(F)cc1.O=C(O)C(F)(F)F. The van der Waals surface area contributed by atoms with E-state index in [0.29, 0.717) is 18.1 Å². The van der Waals surface area contributed by atoms with Crippen LogP contribution in [-0.2, 0) is 11.3 Å². The lowest BCUT2D eigenvalue weighted by Gasteiger charge is -2.37. The first-order valence-corrected chi connectivity index (χ1v) is 7.72. The number of benzene rings is 1. The van der Waals surface area contributed by atoms with Gasteiger partial charge in [-0.05, 0) is 43.4 Å². The number of nitrogens with zero attached hydrogens (tertiary/aromatic N) is 1. The number of rotatable bonds is 2. The molecule has 0 saturated carbocycles. The fourth-order valence-corrected chi connectivity index (χ4v) is 3.38. The highest BCUT2D eigenvalue weighted by atomic mass is 19.4. The van der Waals surface area contributed by atoms with Crippen molar-refractivity contribution in [3.8, 4) is 0 Å². The number of fused-ring (bicyclic) bond motifs is 2. The van der Waals surface area contributed by atoms with Crippen LogP contribution in [0.25, 0.3) is 0 Å². The van der Waals surface area contributed by atoms with E-state index >= 15 is 0 Å². The maximum atomic E-state index is 12.9. The van der Waals surface area contributed by atoms with Gasteiger partial charge in [0.1, 0.15) is 5.82 Å². The summed E-state index contributed by atoms with van der Waals surface area (Å²) in [6.45, 7) is 0.947. The molecule has 2 heterocycles. The molecule has 8 heteroatoms. The summed E-state index contributed by atoms with van der Waals surface area (Å²) in [4.78, 5) is 11.5. The zero-order chi connectivity index (χ0) is 17.9. The number of piperidine rings is 1. The summed E-state index contributed by atoms with van der Waals surface area (Å²) in [5, 5.41) is 7.12. The molecule has 2 saturated heterocycles. The molecule has 2 fully saturated rings. The molecule has 1 aromatic carbocycles. The lowest BCUT2D eigenvalue weighted by Crippen LogP contribution is -2.46. The van der Waals surface area contributed by atoms with Crippen molar-refractivity contribution in [3.05, 3.63) is 35.6 Å². The minimum Gasteiger partial charge on any atom is -0.475 e. The lowest BCUT2D eigenvalue weighted by molar-refractivity contribution is -0.192. The first-order valence-electron chi connectivity index (χ1n) is 7.72. The van der Waals surface area contributed by atoms with Crippen LogP contribution in [0.4, 0.5) is 17.6 Å². The molecule has 24 heavy (non-hydrogen) atoms. The quantitative estimate of drug-likeness (QED) is 0.807. The van der Waals surface area contributed by atoms with Gasteiger partial charge in [0.2, 0.25) is 0 Å². The first kappa shape index (κ1) is 18.7. The van der Waals surface area contributed by atoms with E-state index in [-0.39, 0.29) is 5.82 Å². The van der Waals surface area contributed by atoms with Crippen LogP contribution >= 0.6 is 0 Å². The predicted octanol–water partition coefficient (Wildman–Crippen LogP) is 2.91. The van der Waals surface area contributed by atoms with Crippen LogP contribution in [0.2, 0.25) is 0 Å². The van der Waals surface area contributed by atoms with Crippen molar-refractivity contribution in [2.45, 2.75) is 56.5 Å². The topological polar surface area (TPSA) is 66.6 Å². The maximum absolute atomic E-state index is 12.9. The van der Waals surface area contributed by atoms with Crippen molar-refractivity contribution >= 4 is 5.97 Å². The van der Waals surface area contributed by atoms with E-state index in [1.54, 1.807) is 12.1 Å². The highest BCUT2D eigenvalue weighted by molar-refractivity contribution is 5.73. The van der Waals surface area contributed by atoms with Gasteiger partial charge in [-0.25, -0.2) is 9.18 Å². The molecule has 0 radical (unpaired) electrons. The van der Waals surface area contributed by atoms with Crippen molar-refractivity contribution in [2.75, 3.05) is 0 Å². The molecule has 4 nitrogen and oxygen atoms in total. The van der Waals surface area contributed by atoms with Crippen molar-refractivity contribution in [1.82, 2.24) is 4.90 Å². The average Bonchev–Trinajstić information content (AvgIpc) is 2.72. The zero-order valence-electron chi connectivity index (χ0n) is 13.0. The molecule has 0 aromatic heterocycles. The lowest BCUT2D eigenvalue weighted by atomic mass is 9.97. The Bertz CT molecular complexity index is 548. The Morgan fingerprint density at radius 1 is 1.17 bits per heavy atom. The van der Waals surface area contributed by atoms with E-state index in [2.05, 4.69) is 4.90 Å². The minimum atomic E-state index is -5.08. The molecule has 0 amide bonds. The fraction of sp³-hybridized carbons (Fsp3) is 0.562. The molecule has 2 aliphatic rings. The second-order valence-corrected chi connectivity index (χ2v) is 6.22. The second kappa shape index (κ2) is 7.48. The summed E-state index contributed by atoms with van der Waals surface area (Å²) in [5.74, 6) is -2.91. The average molecular weight is 348 g/mol. The molecule has 1 unspecified atom stereocenters.